The van der Waals surface area contributed by atoms with Crippen molar-refractivity contribution in [1.82, 2.24) is 4.90 Å². The Morgan fingerprint density at radius 3 is 2.15 bits per heavy atom. The summed E-state index contributed by atoms with van der Waals surface area (Å²) >= 11 is 5.89. The molecule has 144 valence electrons. The molecule has 1 fully saturated rings. The van der Waals surface area contributed by atoms with E-state index in [-0.39, 0.29) is 29.3 Å². The number of phenolic OH excluding ortho intramolecular Hbond substituents is 1. The average Bonchev–Trinajstić information content (AvgIpc) is 2.70. The summed E-state index contributed by atoms with van der Waals surface area (Å²) in [6.45, 7) is 1.17. The second-order valence-electron chi connectivity index (χ2n) is 6.29. The molecule has 3 rings (SSSR count). The van der Waals surface area contributed by atoms with Crippen LogP contribution in [-0.4, -0.2) is 49.3 Å². The van der Waals surface area contributed by atoms with E-state index in [9.17, 15) is 9.90 Å². The van der Waals surface area contributed by atoms with Crippen LogP contribution in [0.15, 0.2) is 36.4 Å². The first-order valence-corrected chi connectivity index (χ1v) is 9.06. The number of piperidine rings is 1. The third-order valence-electron chi connectivity index (χ3n) is 4.57. The molecule has 0 unspecified atom stereocenters. The van der Waals surface area contributed by atoms with E-state index >= 15 is 0 Å². The molecule has 1 amide bonds. The molecule has 0 aromatic heterocycles. The van der Waals surface area contributed by atoms with Gasteiger partial charge >= 0.3 is 0 Å². The third kappa shape index (κ3) is 4.39. The Morgan fingerprint density at radius 1 is 1.07 bits per heavy atom. The van der Waals surface area contributed by atoms with Crippen molar-refractivity contribution in [2.24, 2.45) is 0 Å². The van der Waals surface area contributed by atoms with Gasteiger partial charge in [-0.1, -0.05) is 11.6 Å². The number of likely N-dealkylation sites (tertiary alicyclic amines) is 1. The molecular weight excluding hydrogens is 370 g/mol. The fourth-order valence-electron chi connectivity index (χ4n) is 3.08. The van der Waals surface area contributed by atoms with Crippen LogP contribution in [0, 0.1) is 0 Å². The van der Waals surface area contributed by atoms with Crippen molar-refractivity contribution in [3.8, 4) is 23.0 Å². The van der Waals surface area contributed by atoms with Crippen LogP contribution in [0.3, 0.4) is 0 Å². The number of nitrogens with zero attached hydrogens (tertiary/aromatic N) is 1. The fourth-order valence-corrected chi connectivity index (χ4v) is 3.21. The predicted molar refractivity (Wildman–Crippen MR) is 102 cm³/mol. The van der Waals surface area contributed by atoms with E-state index in [4.69, 9.17) is 25.8 Å². The molecule has 27 heavy (non-hydrogen) atoms. The van der Waals surface area contributed by atoms with Gasteiger partial charge in [0.25, 0.3) is 5.91 Å². The summed E-state index contributed by atoms with van der Waals surface area (Å²) in [6.07, 6.45) is 1.53. The smallest absolute Gasteiger partial charge is 0.254 e. The van der Waals surface area contributed by atoms with Gasteiger partial charge in [-0.3, -0.25) is 4.79 Å². The number of methoxy groups -OCH3 is 2. The lowest BCUT2D eigenvalue weighted by molar-refractivity contribution is 0.0595. The van der Waals surface area contributed by atoms with Crippen LogP contribution in [0.2, 0.25) is 5.02 Å². The van der Waals surface area contributed by atoms with Crippen LogP contribution in [0.5, 0.6) is 23.0 Å². The normalized spacial score (nSPS) is 14.7. The standard InChI is InChI=1S/C20H22ClNO5/c1-25-17-11-13(12-18(26-2)19(17)23)20(24)22-9-7-16(8-10-22)27-15-5-3-14(21)4-6-15/h3-6,11-12,16,23H,7-10H2,1-2H3. The quantitative estimate of drug-likeness (QED) is 0.840. The highest BCUT2D eigenvalue weighted by Crippen LogP contribution is 2.37. The number of rotatable bonds is 5. The monoisotopic (exact) mass is 391 g/mol. The zero-order chi connectivity index (χ0) is 19.4. The highest BCUT2D eigenvalue weighted by molar-refractivity contribution is 6.30. The minimum absolute atomic E-state index is 0.0547. The van der Waals surface area contributed by atoms with E-state index in [1.807, 2.05) is 12.1 Å². The Balaban J connectivity index is 1.64. The van der Waals surface area contributed by atoms with Gasteiger partial charge in [0.2, 0.25) is 5.75 Å². The summed E-state index contributed by atoms with van der Waals surface area (Å²) < 4.78 is 16.2. The summed E-state index contributed by atoms with van der Waals surface area (Å²) in [7, 11) is 2.87. The van der Waals surface area contributed by atoms with Crippen molar-refractivity contribution in [3.05, 3.63) is 47.0 Å². The SMILES string of the molecule is COc1cc(C(=O)N2CCC(Oc3ccc(Cl)cc3)CC2)cc(OC)c1O. The summed E-state index contributed by atoms with van der Waals surface area (Å²) in [5, 5.41) is 10.7. The molecule has 0 spiro atoms. The lowest BCUT2D eigenvalue weighted by atomic mass is 10.1. The zero-order valence-corrected chi connectivity index (χ0v) is 16.0. The van der Waals surface area contributed by atoms with Crippen molar-refractivity contribution in [1.29, 1.82) is 0 Å². The molecule has 2 aromatic rings. The second-order valence-corrected chi connectivity index (χ2v) is 6.73. The maximum atomic E-state index is 12.8. The Kier molecular flexibility index (Phi) is 5.96. The molecule has 7 heteroatoms. The third-order valence-corrected chi connectivity index (χ3v) is 4.82. The molecule has 6 nitrogen and oxygen atoms in total. The summed E-state index contributed by atoms with van der Waals surface area (Å²) in [5.41, 5.74) is 0.415. The van der Waals surface area contributed by atoms with Gasteiger partial charge in [0.05, 0.1) is 14.2 Å². The average molecular weight is 392 g/mol. The molecule has 0 aliphatic carbocycles. The lowest BCUT2D eigenvalue weighted by Crippen LogP contribution is -2.41. The molecule has 1 saturated heterocycles. The molecule has 0 bridgehead atoms. The molecule has 0 saturated carbocycles. The Labute approximate surface area is 163 Å². The largest absolute Gasteiger partial charge is 0.502 e. The zero-order valence-electron chi connectivity index (χ0n) is 15.3. The number of halogens is 1. The Hall–Kier alpha value is -2.60. The molecule has 1 aliphatic heterocycles. The summed E-state index contributed by atoms with van der Waals surface area (Å²) in [4.78, 5) is 14.6. The Morgan fingerprint density at radius 2 is 1.63 bits per heavy atom. The Bertz CT molecular complexity index is 776. The maximum absolute atomic E-state index is 12.8. The van der Waals surface area contributed by atoms with E-state index in [0.717, 1.165) is 18.6 Å². The van der Waals surface area contributed by atoms with E-state index in [1.165, 1.54) is 26.4 Å². The molecule has 0 radical (unpaired) electrons. The summed E-state index contributed by atoms with van der Waals surface area (Å²) in [6, 6.07) is 10.3. The van der Waals surface area contributed by atoms with Crippen molar-refractivity contribution >= 4 is 17.5 Å². The lowest BCUT2D eigenvalue weighted by Gasteiger charge is -2.32. The van der Waals surface area contributed by atoms with Gasteiger partial charge < -0.3 is 24.2 Å². The molecule has 1 N–H and O–H groups in total. The fraction of sp³-hybridized carbons (Fsp3) is 0.350. The van der Waals surface area contributed by atoms with Crippen molar-refractivity contribution in [3.63, 3.8) is 0 Å². The van der Waals surface area contributed by atoms with Gasteiger partial charge in [-0.05, 0) is 36.4 Å². The van der Waals surface area contributed by atoms with Crippen LogP contribution in [-0.2, 0) is 0 Å². The van der Waals surface area contributed by atoms with E-state index in [0.29, 0.717) is 23.7 Å². The van der Waals surface area contributed by atoms with Crippen LogP contribution in [0.25, 0.3) is 0 Å². The number of amides is 1. The van der Waals surface area contributed by atoms with Gasteiger partial charge in [0.15, 0.2) is 11.5 Å². The highest BCUT2D eigenvalue weighted by Gasteiger charge is 2.26. The summed E-state index contributed by atoms with van der Waals surface area (Å²) in [5.74, 6) is 0.942. The van der Waals surface area contributed by atoms with Gasteiger partial charge in [-0.2, -0.15) is 0 Å². The molecule has 1 aliphatic rings. The van der Waals surface area contributed by atoms with Crippen LogP contribution >= 0.6 is 11.6 Å². The van der Waals surface area contributed by atoms with Gasteiger partial charge in [0.1, 0.15) is 11.9 Å². The number of carbonyl (C=O) groups excluding carboxylic acids is 1. The van der Waals surface area contributed by atoms with Crippen LogP contribution < -0.4 is 14.2 Å². The van der Waals surface area contributed by atoms with Crippen LogP contribution in [0.1, 0.15) is 23.2 Å². The maximum Gasteiger partial charge on any atom is 0.254 e. The van der Waals surface area contributed by atoms with E-state index in [2.05, 4.69) is 0 Å². The minimum atomic E-state index is -0.128. The van der Waals surface area contributed by atoms with Gasteiger partial charge in [-0.15, -0.1) is 0 Å². The number of benzene rings is 2. The van der Waals surface area contributed by atoms with E-state index < -0.39 is 0 Å². The first kappa shape index (κ1) is 19.2. The number of hydrogen-bond acceptors (Lipinski definition) is 5. The van der Waals surface area contributed by atoms with Crippen LogP contribution in [0.4, 0.5) is 0 Å². The number of hydrogen-bond donors (Lipinski definition) is 1. The first-order valence-electron chi connectivity index (χ1n) is 8.68. The van der Waals surface area contributed by atoms with Gasteiger partial charge in [-0.25, -0.2) is 0 Å². The first-order chi connectivity index (χ1) is 13.0. The number of ether oxygens (including phenoxy) is 3. The van der Waals surface area contributed by atoms with Crippen molar-refractivity contribution in [2.45, 2.75) is 18.9 Å². The van der Waals surface area contributed by atoms with Crippen molar-refractivity contribution in [2.75, 3.05) is 27.3 Å². The second kappa shape index (κ2) is 8.39. The topological polar surface area (TPSA) is 68.2 Å². The highest BCUT2D eigenvalue weighted by atomic mass is 35.5. The van der Waals surface area contributed by atoms with E-state index in [1.54, 1.807) is 17.0 Å². The predicted octanol–water partition coefficient (Wildman–Crippen LogP) is 3.75. The van der Waals surface area contributed by atoms with Gasteiger partial charge in [0, 0.05) is 36.5 Å². The van der Waals surface area contributed by atoms with Crippen molar-refractivity contribution < 1.29 is 24.1 Å². The number of carbonyl (C=O) groups is 1. The number of aromatic hydroxyl groups is 1. The molecular formula is C20H22ClNO5. The molecule has 2 aromatic carbocycles. The number of phenols is 1. The molecule has 0 atom stereocenters. The minimum Gasteiger partial charge on any atom is -0.502 e. The molecule has 1 heterocycles.